The maximum atomic E-state index is 13.5. The van der Waals surface area contributed by atoms with E-state index in [1.807, 2.05) is 12.1 Å². The molecule has 0 aromatic heterocycles. The van der Waals surface area contributed by atoms with Crippen molar-refractivity contribution in [1.29, 1.82) is 0 Å². The summed E-state index contributed by atoms with van der Waals surface area (Å²) in [6.07, 6.45) is 0. The Kier molecular flexibility index (Phi) is 7.24. The van der Waals surface area contributed by atoms with Gasteiger partial charge in [0.05, 0.1) is 12.8 Å². The van der Waals surface area contributed by atoms with E-state index in [4.69, 9.17) is 4.74 Å². The van der Waals surface area contributed by atoms with Crippen LogP contribution in [-0.4, -0.2) is 24.8 Å². The van der Waals surface area contributed by atoms with Crippen LogP contribution in [0.15, 0.2) is 125 Å². The second-order valence-electron chi connectivity index (χ2n) is 8.29. The van der Waals surface area contributed by atoms with Crippen LogP contribution in [-0.2, 0) is 9.59 Å². The predicted octanol–water partition coefficient (Wildman–Crippen LogP) is 5.94. The lowest BCUT2D eigenvalue weighted by Crippen LogP contribution is -2.32. The van der Waals surface area contributed by atoms with Crippen molar-refractivity contribution in [1.82, 2.24) is 0 Å². The second kappa shape index (κ2) is 11.1. The Bertz CT molecular complexity index is 1500. The van der Waals surface area contributed by atoms with Crippen LogP contribution in [0, 0.1) is 0 Å². The van der Waals surface area contributed by atoms with E-state index < -0.39 is 11.8 Å². The van der Waals surface area contributed by atoms with Gasteiger partial charge in [0.25, 0.3) is 17.7 Å². The van der Waals surface area contributed by atoms with Crippen LogP contribution in [0.4, 0.5) is 17.1 Å². The molecule has 0 atom stereocenters. The van der Waals surface area contributed by atoms with Crippen molar-refractivity contribution in [3.05, 3.63) is 125 Å². The van der Waals surface area contributed by atoms with E-state index in [0.717, 1.165) is 4.90 Å². The standard InChI is InChI=1S/C30H23N3O4S/c1-37-24-16-12-21(13-17-24)31-26-27(30(36)33(29(26)35)23-10-6-3-7-11-23)38-25-18-14-22(15-19-25)32-28(34)20-8-4-2-5-9-20/h2-19,31H,1H3,(H,32,34). The number of para-hydroxylation sites is 1. The third kappa shape index (κ3) is 5.30. The molecule has 2 N–H and O–H groups in total. The minimum absolute atomic E-state index is 0.190. The molecule has 188 valence electrons. The van der Waals surface area contributed by atoms with Gasteiger partial charge in [0.2, 0.25) is 0 Å². The zero-order valence-corrected chi connectivity index (χ0v) is 21.2. The monoisotopic (exact) mass is 521 g/mol. The van der Waals surface area contributed by atoms with Crippen molar-refractivity contribution in [2.45, 2.75) is 4.90 Å². The molecule has 0 saturated heterocycles. The van der Waals surface area contributed by atoms with E-state index >= 15 is 0 Å². The Morgan fingerprint density at radius 2 is 1.34 bits per heavy atom. The van der Waals surface area contributed by atoms with Gasteiger partial charge < -0.3 is 15.4 Å². The molecule has 3 amide bonds. The first kappa shape index (κ1) is 24.9. The zero-order valence-electron chi connectivity index (χ0n) is 20.4. The van der Waals surface area contributed by atoms with E-state index in [0.29, 0.717) is 28.4 Å². The first-order chi connectivity index (χ1) is 18.5. The topological polar surface area (TPSA) is 87.7 Å². The lowest BCUT2D eigenvalue weighted by atomic mass is 10.2. The molecule has 4 aromatic carbocycles. The Hall–Kier alpha value is -4.82. The molecule has 1 aliphatic rings. The molecule has 38 heavy (non-hydrogen) atoms. The Morgan fingerprint density at radius 1 is 0.737 bits per heavy atom. The van der Waals surface area contributed by atoms with E-state index in [1.54, 1.807) is 104 Å². The maximum absolute atomic E-state index is 13.5. The van der Waals surface area contributed by atoms with Crippen LogP contribution < -0.4 is 20.3 Å². The summed E-state index contributed by atoms with van der Waals surface area (Å²) in [7, 11) is 1.58. The summed E-state index contributed by atoms with van der Waals surface area (Å²) in [5.74, 6) is -0.386. The third-order valence-electron chi connectivity index (χ3n) is 5.78. The smallest absolute Gasteiger partial charge is 0.283 e. The second-order valence-corrected chi connectivity index (χ2v) is 9.37. The van der Waals surface area contributed by atoms with Crippen LogP contribution in [0.2, 0.25) is 0 Å². The predicted molar refractivity (Wildman–Crippen MR) is 149 cm³/mol. The molecule has 0 fully saturated rings. The van der Waals surface area contributed by atoms with Crippen molar-refractivity contribution in [3.8, 4) is 5.75 Å². The van der Waals surface area contributed by atoms with E-state index in [-0.39, 0.29) is 16.5 Å². The minimum atomic E-state index is -0.439. The summed E-state index contributed by atoms with van der Waals surface area (Å²) in [6, 6.07) is 32.0. The number of rotatable bonds is 8. The number of imide groups is 1. The Labute approximate surface area is 224 Å². The lowest BCUT2D eigenvalue weighted by molar-refractivity contribution is -0.120. The molecule has 8 heteroatoms. The van der Waals surface area contributed by atoms with E-state index in [1.165, 1.54) is 16.7 Å². The Morgan fingerprint density at radius 3 is 1.97 bits per heavy atom. The van der Waals surface area contributed by atoms with Gasteiger partial charge in [0.15, 0.2) is 0 Å². The van der Waals surface area contributed by atoms with Gasteiger partial charge in [-0.1, -0.05) is 48.2 Å². The van der Waals surface area contributed by atoms with Crippen molar-refractivity contribution < 1.29 is 19.1 Å². The van der Waals surface area contributed by atoms with Crippen LogP contribution in [0.3, 0.4) is 0 Å². The van der Waals surface area contributed by atoms with Gasteiger partial charge in [-0.2, -0.15) is 0 Å². The molecule has 5 rings (SSSR count). The highest BCUT2D eigenvalue weighted by molar-refractivity contribution is 8.04. The normalized spacial score (nSPS) is 13.0. The number of hydrogen-bond donors (Lipinski definition) is 2. The van der Waals surface area contributed by atoms with Crippen molar-refractivity contribution >= 4 is 46.5 Å². The summed E-state index contributed by atoms with van der Waals surface area (Å²) in [6.45, 7) is 0. The summed E-state index contributed by atoms with van der Waals surface area (Å²) < 4.78 is 5.21. The molecule has 0 aliphatic carbocycles. The molecule has 7 nitrogen and oxygen atoms in total. The maximum Gasteiger partial charge on any atom is 0.283 e. The van der Waals surface area contributed by atoms with Crippen LogP contribution in [0.5, 0.6) is 5.75 Å². The molecule has 0 spiro atoms. The minimum Gasteiger partial charge on any atom is -0.497 e. The summed E-state index contributed by atoms with van der Waals surface area (Å²) in [5, 5.41) is 5.99. The van der Waals surface area contributed by atoms with Gasteiger partial charge in [0.1, 0.15) is 16.4 Å². The molecule has 1 heterocycles. The number of anilines is 3. The number of ether oxygens (including phenoxy) is 1. The number of nitrogens with one attached hydrogen (secondary N) is 2. The summed E-state index contributed by atoms with van der Waals surface area (Å²) in [4.78, 5) is 41.6. The molecular formula is C30H23N3O4S. The number of thioether (sulfide) groups is 1. The molecule has 0 radical (unpaired) electrons. The van der Waals surface area contributed by atoms with E-state index in [9.17, 15) is 14.4 Å². The van der Waals surface area contributed by atoms with Crippen LogP contribution >= 0.6 is 11.8 Å². The fourth-order valence-electron chi connectivity index (χ4n) is 3.86. The highest BCUT2D eigenvalue weighted by Gasteiger charge is 2.40. The van der Waals surface area contributed by atoms with Gasteiger partial charge in [0, 0.05) is 21.8 Å². The highest BCUT2D eigenvalue weighted by Crippen LogP contribution is 2.38. The van der Waals surface area contributed by atoms with Crippen LogP contribution in [0.25, 0.3) is 0 Å². The van der Waals surface area contributed by atoms with Crippen molar-refractivity contribution in [3.63, 3.8) is 0 Å². The first-order valence-electron chi connectivity index (χ1n) is 11.8. The van der Waals surface area contributed by atoms with Gasteiger partial charge in [-0.15, -0.1) is 0 Å². The zero-order chi connectivity index (χ0) is 26.5. The average molecular weight is 522 g/mol. The first-order valence-corrected chi connectivity index (χ1v) is 12.6. The van der Waals surface area contributed by atoms with Crippen molar-refractivity contribution in [2.75, 3.05) is 22.6 Å². The fourth-order valence-corrected chi connectivity index (χ4v) is 4.79. The van der Waals surface area contributed by atoms with Crippen molar-refractivity contribution in [2.24, 2.45) is 0 Å². The number of benzene rings is 4. The number of hydrogen-bond acceptors (Lipinski definition) is 6. The van der Waals surface area contributed by atoms with Gasteiger partial charge >= 0.3 is 0 Å². The Balaban J connectivity index is 1.40. The third-order valence-corrected chi connectivity index (χ3v) is 6.87. The van der Waals surface area contributed by atoms with Gasteiger partial charge in [-0.05, 0) is 72.8 Å². The number of nitrogens with zero attached hydrogens (tertiary/aromatic N) is 1. The highest BCUT2D eigenvalue weighted by atomic mass is 32.2. The van der Waals surface area contributed by atoms with E-state index in [2.05, 4.69) is 10.6 Å². The molecular weight excluding hydrogens is 498 g/mol. The molecule has 0 saturated carbocycles. The number of carbonyl (C=O) groups excluding carboxylic acids is 3. The number of carbonyl (C=O) groups is 3. The van der Waals surface area contributed by atoms with Gasteiger partial charge in [-0.25, -0.2) is 4.90 Å². The number of methoxy groups -OCH3 is 1. The summed E-state index contributed by atoms with van der Waals surface area (Å²) >= 11 is 1.19. The summed E-state index contributed by atoms with van der Waals surface area (Å²) in [5.41, 5.74) is 2.51. The average Bonchev–Trinajstić information content (AvgIpc) is 3.19. The molecule has 4 aromatic rings. The molecule has 0 unspecified atom stereocenters. The largest absolute Gasteiger partial charge is 0.497 e. The quantitative estimate of drug-likeness (QED) is 0.279. The lowest BCUT2D eigenvalue weighted by Gasteiger charge is -2.15. The molecule has 0 bridgehead atoms. The SMILES string of the molecule is COc1ccc(NC2=C(Sc3ccc(NC(=O)c4ccccc4)cc3)C(=O)N(c3ccccc3)C2=O)cc1. The van der Waals surface area contributed by atoms with Gasteiger partial charge in [-0.3, -0.25) is 14.4 Å². The molecule has 1 aliphatic heterocycles. The van der Waals surface area contributed by atoms with Crippen LogP contribution in [0.1, 0.15) is 10.4 Å². The fraction of sp³-hybridized carbons (Fsp3) is 0.0333. The number of amides is 3.